The van der Waals surface area contributed by atoms with E-state index in [0.717, 1.165) is 0 Å². The molecule has 0 N–H and O–H groups in total. The number of thiophene rings is 4. The van der Waals surface area contributed by atoms with Crippen molar-refractivity contribution in [2.75, 3.05) is 9.80 Å². The van der Waals surface area contributed by atoms with E-state index in [1.165, 1.54) is 149 Å². The topological polar surface area (TPSA) is 6.48 Å². The molecule has 15 rings (SSSR count). The Morgan fingerprint density at radius 3 is 1.14 bits per heavy atom. The lowest BCUT2D eigenvalue weighted by Crippen LogP contribution is -2.59. The lowest BCUT2D eigenvalue weighted by Gasteiger charge is -2.44. The number of hydrogen-bond donors (Lipinski definition) is 0. The maximum absolute atomic E-state index is 2.74. The highest BCUT2D eigenvalue weighted by Gasteiger charge is 2.48. The summed E-state index contributed by atoms with van der Waals surface area (Å²) in [6, 6.07) is 79.1. The zero-order valence-electron chi connectivity index (χ0n) is 47.2. The van der Waals surface area contributed by atoms with Crippen molar-refractivity contribution < 1.29 is 0 Å². The molecule has 0 saturated carbocycles. The van der Waals surface area contributed by atoms with E-state index in [2.05, 4.69) is 278 Å². The smallest absolute Gasteiger partial charge is 0.277 e. The second-order valence-corrected chi connectivity index (χ2v) is 29.7. The van der Waals surface area contributed by atoms with Gasteiger partial charge in [-0.2, -0.15) is 0 Å². The van der Waals surface area contributed by atoms with Gasteiger partial charge in [0.2, 0.25) is 0 Å². The molecule has 13 aromatic rings. The molecule has 0 radical (unpaired) electrons. The van der Waals surface area contributed by atoms with Gasteiger partial charge < -0.3 is 9.80 Å². The van der Waals surface area contributed by atoms with E-state index < -0.39 is 0 Å². The molecule has 0 fully saturated rings. The second kappa shape index (κ2) is 18.5. The summed E-state index contributed by atoms with van der Waals surface area (Å²) in [5, 5.41) is 5.17. The van der Waals surface area contributed by atoms with Gasteiger partial charge in [-0.25, -0.2) is 0 Å². The van der Waals surface area contributed by atoms with Crippen molar-refractivity contribution in [3.05, 3.63) is 223 Å². The van der Waals surface area contributed by atoms with Crippen molar-refractivity contribution >= 4 is 142 Å². The van der Waals surface area contributed by atoms with Crippen molar-refractivity contribution in [2.24, 2.45) is 0 Å². The van der Waals surface area contributed by atoms with Crippen molar-refractivity contribution in [2.45, 2.75) is 78.6 Å². The standard InChI is InChI=1S/C74H61BN2S4/c1-72(2,3)50-30-34-63-55(40-50)68-70(80-63)75-67-59(76(68)57-36-48(28-32-53(57)44-20-12-10-13-21-44)65-38-46-24-16-18-26-61(46)78-65)42-52(74(7,8)9)43-60(67)77(69-56-41-51(73(4,5)6)31-35-64(56)81-71(69)75)58-37-49(29-33-54(58)45-22-14-11-15-23-45)66-39-47-25-17-19-27-62(47)79-66/h10-43H,1-9H3. The number of fused-ring (bicyclic) bond motifs is 10. The summed E-state index contributed by atoms with van der Waals surface area (Å²) in [5.41, 5.74) is 19.7. The molecule has 2 aliphatic heterocycles. The molecule has 0 aliphatic carbocycles. The van der Waals surface area contributed by atoms with Crippen molar-refractivity contribution in [3.8, 4) is 43.1 Å². The third kappa shape index (κ3) is 8.28. The van der Waals surface area contributed by atoms with Crippen molar-refractivity contribution in [3.63, 3.8) is 0 Å². The Morgan fingerprint density at radius 1 is 0.321 bits per heavy atom. The fourth-order valence-electron chi connectivity index (χ4n) is 12.5. The van der Waals surface area contributed by atoms with Crippen LogP contribution in [0.3, 0.4) is 0 Å². The molecule has 0 unspecified atom stereocenters. The number of hydrogen-bond acceptors (Lipinski definition) is 6. The first-order chi connectivity index (χ1) is 39.0. The van der Waals surface area contributed by atoms with E-state index >= 15 is 0 Å². The lowest BCUT2D eigenvalue weighted by atomic mass is 9.39. The fraction of sp³-hybridized carbons (Fsp3) is 0.162. The SMILES string of the molecule is CC(C)(C)c1cc2c3c(c1)N(c1cc(-c4cc5ccccc5s4)ccc1-c1ccccc1)c1c(sc4ccc(C(C)(C)C)cc14)B3c1sc3ccc(C(C)(C)C)cc3c1N2c1cc(-c2cc3ccccc3s2)ccc1-c1ccccc1. The minimum atomic E-state index is -0.215. The fourth-order valence-corrected chi connectivity index (χ4v) is 17.3. The predicted molar refractivity (Wildman–Crippen MR) is 360 cm³/mol. The minimum Gasteiger partial charge on any atom is -0.309 e. The van der Waals surface area contributed by atoms with Crippen LogP contribution in [-0.2, 0) is 16.2 Å². The molecule has 0 bridgehead atoms. The monoisotopic (exact) mass is 1120 g/mol. The van der Waals surface area contributed by atoms with E-state index in [1.807, 2.05) is 45.3 Å². The molecule has 2 nitrogen and oxygen atoms in total. The van der Waals surface area contributed by atoms with Gasteiger partial charge in [-0.15, -0.1) is 45.3 Å². The molecule has 0 spiro atoms. The summed E-state index contributed by atoms with van der Waals surface area (Å²) >= 11 is 7.77. The second-order valence-electron chi connectivity index (χ2n) is 25.3. The maximum atomic E-state index is 2.74. The largest absolute Gasteiger partial charge is 0.309 e. The summed E-state index contributed by atoms with van der Waals surface area (Å²) in [4.78, 5) is 8.02. The van der Waals surface area contributed by atoms with E-state index in [0.29, 0.717) is 0 Å². The summed E-state index contributed by atoms with van der Waals surface area (Å²) in [6.45, 7) is 21.3. The Labute approximate surface area is 492 Å². The van der Waals surface area contributed by atoms with Crippen LogP contribution in [0.4, 0.5) is 34.1 Å². The van der Waals surface area contributed by atoms with Crippen molar-refractivity contribution in [1.82, 2.24) is 0 Å². The Kier molecular flexibility index (Phi) is 11.5. The van der Waals surface area contributed by atoms with Crippen LogP contribution in [-0.4, -0.2) is 6.71 Å². The molecule has 9 aromatic carbocycles. The Balaban J connectivity index is 1.11. The third-order valence-corrected chi connectivity index (χ3v) is 21.7. The van der Waals surface area contributed by atoms with Gasteiger partial charge in [-0.1, -0.05) is 196 Å². The van der Waals surface area contributed by atoms with Gasteiger partial charge in [-0.3, -0.25) is 0 Å². The molecule has 0 amide bonds. The van der Waals surface area contributed by atoms with Gasteiger partial charge in [-0.05, 0) is 144 Å². The first kappa shape index (κ1) is 50.4. The quantitative estimate of drug-likeness (QED) is 0.153. The Bertz CT molecular complexity index is 4310. The zero-order chi connectivity index (χ0) is 55.3. The van der Waals surface area contributed by atoms with E-state index in [-0.39, 0.29) is 23.0 Å². The van der Waals surface area contributed by atoms with Gasteiger partial charge >= 0.3 is 0 Å². The van der Waals surface area contributed by atoms with Crippen LogP contribution in [0.1, 0.15) is 79.0 Å². The van der Waals surface area contributed by atoms with Gasteiger partial charge in [0.15, 0.2) is 0 Å². The number of anilines is 6. The minimum absolute atomic E-state index is 0.0376. The summed E-state index contributed by atoms with van der Waals surface area (Å²) in [5.74, 6) is 0. The molecule has 4 aromatic heterocycles. The van der Waals surface area contributed by atoms with Crippen LogP contribution >= 0.6 is 45.3 Å². The molecular formula is C74H61BN2S4. The van der Waals surface area contributed by atoms with E-state index in [9.17, 15) is 0 Å². The van der Waals surface area contributed by atoms with Gasteiger partial charge in [0, 0.05) is 71.4 Å². The molecule has 394 valence electrons. The average Bonchev–Trinajstić information content (AvgIpc) is 3.64. The maximum Gasteiger partial charge on any atom is 0.277 e. The third-order valence-electron chi connectivity index (χ3n) is 16.9. The predicted octanol–water partition coefficient (Wildman–Crippen LogP) is 21.2. The number of benzene rings is 9. The van der Waals surface area contributed by atoms with Crippen LogP contribution < -0.4 is 24.8 Å². The van der Waals surface area contributed by atoms with Crippen molar-refractivity contribution in [1.29, 1.82) is 0 Å². The molecule has 0 atom stereocenters. The molecule has 6 heterocycles. The highest BCUT2D eigenvalue weighted by Crippen LogP contribution is 2.56. The van der Waals surface area contributed by atoms with Gasteiger partial charge in [0.1, 0.15) is 0 Å². The number of nitrogens with zero attached hydrogens (tertiary/aromatic N) is 2. The van der Waals surface area contributed by atoms with Gasteiger partial charge in [0.25, 0.3) is 6.71 Å². The highest BCUT2D eigenvalue weighted by molar-refractivity contribution is 7.40. The molecular weight excluding hydrogens is 1060 g/mol. The molecule has 2 aliphatic rings. The summed E-state index contributed by atoms with van der Waals surface area (Å²) in [7, 11) is 0. The zero-order valence-corrected chi connectivity index (χ0v) is 50.5. The first-order valence-corrected chi connectivity index (χ1v) is 31.6. The lowest BCUT2D eigenvalue weighted by molar-refractivity contribution is 0.590. The van der Waals surface area contributed by atoms with E-state index in [4.69, 9.17) is 0 Å². The number of rotatable bonds is 6. The normalized spacial score (nSPS) is 13.4. The first-order valence-electron chi connectivity index (χ1n) is 28.3. The molecule has 7 heteroatoms. The molecule has 81 heavy (non-hydrogen) atoms. The van der Waals surface area contributed by atoms with Crippen LogP contribution in [0.2, 0.25) is 0 Å². The average molecular weight is 1120 g/mol. The summed E-state index contributed by atoms with van der Waals surface area (Å²) < 4.78 is 8.02. The summed E-state index contributed by atoms with van der Waals surface area (Å²) in [6.07, 6.45) is 0. The van der Waals surface area contributed by atoms with Crippen LogP contribution in [0.5, 0.6) is 0 Å². The van der Waals surface area contributed by atoms with Crippen LogP contribution in [0, 0.1) is 0 Å². The van der Waals surface area contributed by atoms with E-state index in [1.54, 1.807) is 0 Å². The van der Waals surface area contributed by atoms with Gasteiger partial charge in [0.05, 0.1) is 22.7 Å². The van der Waals surface area contributed by atoms with Crippen LogP contribution in [0.25, 0.3) is 83.5 Å². The Hall–Kier alpha value is -7.52. The molecule has 0 saturated heterocycles. The highest BCUT2D eigenvalue weighted by atomic mass is 32.1. The van der Waals surface area contributed by atoms with Crippen LogP contribution in [0.15, 0.2) is 206 Å². The Morgan fingerprint density at radius 2 is 0.728 bits per heavy atom.